The minimum Gasteiger partial charge on any atom is -0.384 e. The molecule has 4 heteroatoms. The number of aryl methyl sites for hydroxylation is 1. The largest absolute Gasteiger partial charge is 0.384 e. The molecular formula is C14H25N3O. The van der Waals surface area contributed by atoms with Crippen LogP contribution in [0.1, 0.15) is 51.6 Å². The van der Waals surface area contributed by atoms with Crippen LogP contribution in [0.5, 0.6) is 0 Å². The van der Waals surface area contributed by atoms with Crippen LogP contribution in [0.3, 0.4) is 0 Å². The van der Waals surface area contributed by atoms with Crippen LogP contribution in [0.4, 0.5) is 0 Å². The van der Waals surface area contributed by atoms with Gasteiger partial charge in [0.15, 0.2) is 0 Å². The Morgan fingerprint density at radius 2 is 2.39 bits per heavy atom. The van der Waals surface area contributed by atoms with Gasteiger partial charge in [-0.15, -0.1) is 0 Å². The smallest absolute Gasteiger partial charge is 0.105 e. The summed E-state index contributed by atoms with van der Waals surface area (Å²) in [4.78, 5) is 0. The van der Waals surface area contributed by atoms with Gasteiger partial charge < -0.3 is 10.4 Å². The molecule has 0 amide bonds. The summed E-state index contributed by atoms with van der Waals surface area (Å²) >= 11 is 0. The van der Waals surface area contributed by atoms with Gasteiger partial charge in [-0.05, 0) is 45.2 Å². The maximum atomic E-state index is 10.7. The van der Waals surface area contributed by atoms with Gasteiger partial charge >= 0.3 is 0 Å². The van der Waals surface area contributed by atoms with E-state index in [9.17, 15) is 5.11 Å². The molecule has 1 aromatic rings. The van der Waals surface area contributed by atoms with Crippen molar-refractivity contribution in [2.75, 3.05) is 6.54 Å². The summed E-state index contributed by atoms with van der Waals surface area (Å²) in [7, 11) is 0. The minimum atomic E-state index is -0.791. The predicted molar refractivity (Wildman–Crippen MR) is 72.3 cm³/mol. The van der Waals surface area contributed by atoms with E-state index in [0.717, 1.165) is 38.0 Å². The monoisotopic (exact) mass is 251 g/mol. The van der Waals surface area contributed by atoms with Crippen molar-refractivity contribution in [2.24, 2.45) is 0 Å². The molecule has 1 saturated heterocycles. The fourth-order valence-corrected chi connectivity index (χ4v) is 2.86. The molecule has 0 saturated carbocycles. The fraction of sp³-hybridized carbons (Fsp3) is 0.786. The molecular weight excluding hydrogens is 226 g/mol. The van der Waals surface area contributed by atoms with Crippen molar-refractivity contribution in [3.8, 4) is 0 Å². The highest BCUT2D eigenvalue weighted by Gasteiger charge is 2.30. The summed E-state index contributed by atoms with van der Waals surface area (Å²) in [6.07, 6.45) is 7.27. The summed E-state index contributed by atoms with van der Waals surface area (Å²) in [5.74, 6) is 0. The lowest BCUT2D eigenvalue weighted by molar-refractivity contribution is 0.0244. The summed E-state index contributed by atoms with van der Waals surface area (Å²) in [6, 6.07) is 2.37. The first-order chi connectivity index (χ1) is 8.63. The Bertz CT molecular complexity index is 367. The van der Waals surface area contributed by atoms with Crippen LogP contribution in [0, 0.1) is 0 Å². The minimum absolute atomic E-state index is 0.429. The van der Waals surface area contributed by atoms with E-state index in [1.165, 1.54) is 12.8 Å². The van der Waals surface area contributed by atoms with Crippen LogP contribution in [0.2, 0.25) is 0 Å². The highest BCUT2D eigenvalue weighted by atomic mass is 16.3. The van der Waals surface area contributed by atoms with Crippen molar-refractivity contribution in [2.45, 2.75) is 64.1 Å². The Morgan fingerprint density at radius 1 is 1.56 bits per heavy atom. The molecule has 1 fully saturated rings. The van der Waals surface area contributed by atoms with Crippen LogP contribution >= 0.6 is 0 Å². The first kappa shape index (κ1) is 13.6. The van der Waals surface area contributed by atoms with Gasteiger partial charge in [0.1, 0.15) is 5.60 Å². The Hall–Kier alpha value is -0.870. The SMILES string of the molecule is CCCn1nccc1C(C)(O)CC1CCCCN1. The molecule has 0 radical (unpaired) electrons. The summed E-state index contributed by atoms with van der Waals surface area (Å²) in [6.45, 7) is 5.99. The number of rotatable bonds is 5. The molecule has 1 aliphatic heterocycles. The van der Waals surface area contributed by atoms with Gasteiger partial charge in [-0.2, -0.15) is 5.10 Å². The zero-order valence-electron chi connectivity index (χ0n) is 11.5. The van der Waals surface area contributed by atoms with Crippen molar-refractivity contribution < 1.29 is 5.11 Å². The lowest BCUT2D eigenvalue weighted by Crippen LogP contribution is -2.40. The normalized spacial score (nSPS) is 23.8. The Kier molecular flexibility index (Phi) is 4.40. The lowest BCUT2D eigenvalue weighted by Gasteiger charge is -2.32. The Balaban J connectivity index is 2.06. The van der Waals surface area contributed by atoms with Crippen LogP contribution in [-0.2, 0) is 12.1 Å². The quantitative estimate of drug-likeness (QED) is 0.842. The number of aromatic nitrogens is 2. The summed E-state index contributed by atoms with van der Waals surface area (Å²) < 4.78 is 1.93. The van der Waals surface area contributed by atoms with E-state index in [2.05, 4.69) is 17.3 Å². The highest BCUT2D eigenvalue weighted by molar-refractivity contribution is 5.11. The van der Waals surface area contributed by atoms with Crippen LogP contribution in [0.25, 0.3) is 0 Å². The van der Waals surface area contributed by atoms with Crippen LogP contribution in [0.15, 0.2) is 12.3 Å². The van der Waals surface area contributed by atoms with E-state index >= 15 is 0 Å². The van der Waals surface area contributed by atoms with Crippen molar-refractivity contribution in [3.05, 3.63) is 18.0 Å². The molecule has 2 atom stereocenters. The maximum Gasteiger partial charge on any atom is 0.105 e. The second-order valence-corrected chi connectivity index (χ2v) is 5.56. The van der Waals surface area contributed by atoms with E-state index in [4.69, 9.17) is 0 Å². The number of hydrogen-bond acceptors (Lipinski definition) is 3. The molecule has 1 aromatic heterocycles. The zero-order valence-corrected chi connectivity index (χ0v) is 11.5. The van der Waals surface area contributed by atoms with Gasteiger partial charge in [-0.1, -0.05) is 13.3 Å². The van der Waals surface area contributed by atoms with Gasteiger partial charge in [0.25, 0.3) is 0 Å². The topological polar surface area (TPSA) is 50.1 Å². The number of hydrogen-bond donors (Lipinski definition) is 2. The van der Waals surface area contributed by atoms with Gasteiger partial charge in [0, 0.05) is 18.8 Å². The number of nitrogens with one attached hydrogen (secondary N) is 1. The number of piperidine rings is 1. The highest BCUT2D eigenvalue weighted by Crippen LogP contribution is 2.28. The Labute approximate surface area is 109 Å². The maximum absolute atomic E-state index is 10.7. The fourth-order valence-electron chi connectivity index (χ4n) is 2.86. The second kappa shape index (κ2) is 5.85. The van der Waals surface area contributed by atoms with Crippen molar-refractivity contribution in [3.63, 3.8) is 0 Å². The third-order valence-corrected chi connectivity index (χ3v) is 3.76. The molecule has 18 heavy (non-hydrogen) atoms. The number of aliphatic hydroxyl groups is 1. The third kappa shape index (κ3) is 3.12. The average molecular weight is 251 g/mol. The van der Waals surface area contributed by atoms with Crippen molar-refractivity contribution in [1.82, 2.24) is 15.1 Å². The molecule has 0 aliphatic carbocycles. The van der Waals surface area contributed by atoms with Crippen LogP contribution in [-0.4, -0.2) is 27.5 Å². The first-order valence-corrected chi connectivity index (χ1v) is 7.11. The first-order valence-electron chi connectivity index (χ1n) is 7.11. The molecule has 2 rings (SSSR count). The van der Waals surface area contributed by atoms with E-state index in [0.29, 0.717) is 6.04 Å². The van der Waals surface area contributed by atoms with Gasteiger partial charge in [-0.3, -0.25) is 4.68 Å². The van der Waals surface area contributed by atoms with Crippen molar-refractivity contribution >= 4 is 0 Å². The number of nitrogens with zero attached hydrogens (tertiary/aromatic N) is 2. The average Bonchev–Trinajstić information content (AvgIpc) is 2.79. The van der Waals surface area contributed by atoms with E-state index < -0.39 is 5.60 Å². The van der Waals surface area contributed by atoms with Crippen LogP contribution < -0.4 is 5.32 Å². The molecule has 102 valence electrons. The van der Waals surface area contributed by atoms with E-state index in [1.807, 2.05) is 17.7 Å². The molecule has 2 heterocycles. The summed E-state index contributed by atoms with van der Waals surface area (Å²) in [5.41, 5.74) is 0.150. The van der Waals surface area contributed by atoms with Gasteiger partial charge in [-0.25, -0.2) is 0 Å². The third-order valence-electron chi connectivity index (χ3n) is 3.76. The molecule has 0 spiro atoms. The Morgan fingerprint density at radius 3 is 3.06 bits per heavy atom. The molecule has 1 aliphatic rings. The van der Waals surface area contributed by atoms with E-state index in [-0.39, 0.29) is 0 Å². The molecule has 0 bridgehead atoms. The lowest BCUT2D eigenvalue weighted by atomic mass is 9.89. The molecule has 2 unspecified atom stereocenters. The standard InChI is InChI=1S/C14H25N3O/c1-3-10-17-13(7-9-16-17)14(2,18)11-12-6-4-5-8-15-12/h7,9,12,15,18H,3-6,8,10-11H2,1-2H3. The molecule has 4 nitrogen and oxygen atoms in total. The summed E-state index contributed by atoms with van der Waals surface area (Å²) in [5, 5.41) is 18.5. The second-order valence-electron chi connectivity index (χ2n) is 5.56. The van der Waals surface area contributed by atoms with Gasteiger partial charge in [0.2, 0.25) is 0 Å². The predicted octanol–water partition coefficient (Wildman–Crippen LogP) is 2.03. The van der Waals surface area contributed by atoms with Crippen molar-refractivity contribution in [1.29, 1.82) is 0 Å². The molecule has 2 N–H and O–H groups in total. The van der Waals surface area contributed by atoms with Gasteiger partial charge in [0.05, 0.1) is 5.69 Å². The zero-order chi connectivity index (χ0) is 13.0. The molecule has 0 aromatic carbocycles. The van der Waals surface area contributed by atoms with E-state index in [1.54, 1.807) is 6.20 Å².